The van der Waals surface area contributed by atoms with E-state index in [4.69, 9.17) is 4.74 Å². The van der Waals surface area contributed by atoms with Crippen LogP contribution in [0.5, 0.6) is 5.75 Å². The number of alkyl halides is 3. The van der Waals surface area contributed by atoms with E-state index in [1.54, 1.807) is 71.5 Å². The Balaban J connectivity index is 1.62. The van der Waals surface area contributed by atoms with Gasteiger partial charge in [-0.3, -0.25) is 4.79 Å². The first kappa shape index (κ1) is 22.3. The molecule has 33 heavy (non-hydrogen) atoms. The maximum Gasteiger partial charge on any atom is 0.471 e. The zero-order chi connectivity index (χ0) is 23.6. The molecule has 0 fully saturated rings. The van der Waals surface area contributed by atoms with Crippen LogP contribution in [0.1, 0.15) is 18.6 Å². The number of amides is 1. The molecule has 0 aliphatic rings. The Morgan fingerprint density at radius 3 is 2.39 bits per heavy atom. The summed E-state index contributed by atoms with van der Waals surface area (Å²) in [6, 6.07) is 18.7. The van der Waals surface area contributed by atoms with Crippen molar-refractivity contribution in [2.24, 2.45) is 0 Å². The van der Waals surface area contributed by atoms with Crippen LogP contribution in [0.25, 0.3) is 16.6 Å². The van der Waals surface area contributed by atoms with Gasteiger partial charge in [-0.2, -0.15) is 18.3 Å². The molecule has 1 N–H and O–H groups in total. The molecule has 5 nitrogen and oxygen atoms in total. The lowest BCUT2D eigenvalue weighted by atomic mass is 10.0. The second-order valence-electron chi connectivity index (χ2n) is 7.46. The number of rotatable bonds is 6. The first-order chi connectivity index (χ1) is 15.7. The number of ether oxygens (including phenoxy) is 1. The molecule has 0 saturated carbocycles. The molecule has 0 spiro atoms. The van der Waals surface area contributed by atoms with Gasteiger partial charge in [-0.1, -0.05) is 30.3 Å². The molecule has 1 heterocycles. The van der Waals surface area contributed by atoms with Crippen molar-refractivity contribution in [3.05, 3.63) is 90.4 Å². The average Bonchev–Trinajstić information content (AvgIpc) is 3.21. The van der Waals surface area contributed by atoms with Crippen molar-refractivity contribution in [3.63, 3.8) is 0 Å². The minimum atomic E-state index is -5.00. The van der Waals surface area contributed by atoms with Crippen molar-refractivity contribution in [2.75, 3.05) is 0 Å². The van der Waals surface area contributed by atoms with Gasteiger partial charge in [0.05, 0.1) is 23.4 Å². The van der Waals surface area contributed by atoms with Crippen molar-refractivity contribution in [1.82, 2.24) is 15.1 Å². The molecular formula is C24H19F4N3O2. The van der Waals surface area contributed by atoms with E-state index in [1.807, 2.05) is 5.32 Å². The predicted octanol–water partition coefficient (Wildman–Crippen LogP) is 5.35. The summed E-state index contributed by atoms with van der Waals surface area (Å²) in [5.74, 6) is -2.00. The molecule has 0 saturated heterocycles. The fourth-order valence-corrected chi connectivity index (χ4v) is 3.48. The summed E-state index contributed by atoms with van der Waals surface area (Å²) in [5, 5.41) is 7.02. The summed E-state index contributed by atoms with van der Waals surface area (Å²) < 4.78 is 59.2. The van der Waals surface area contributed by atoms with E-state index in [0.717, 1.165) is 10.9 Å². The minimum absolute atomic E-state index is 0.357. The van der Waals surface area contributed by atoms with E-state index in [1.165, 1.54) is 19.1 Å². The van der Waals surface area contributed by atoms with Gasteiger partial charge in [0.25, 0.3) is 0 Å². The lowest BCUT2D eigenvalue weighted by Gasteiger charge is -2.27. The molecule has 4 rings (SSSR count). The lowest BCUT2D eigenvalue weighted by Crippen LogP contribution is -2.45. The Kier molecular flexibility index (Phi) is 6.04. The summed E-state index contributed by atoms with van der Waals surface area (Å²) >= 11 is 0. The van der Waals surface area contributed by atoms with E-state index in [0.29, 0.717) is 17.0 Å². The number of nitrogens with one attached hydrogen (secondary N) is 1. The summed E-state index contributed by atoms with van der Waals surface area (Å²) in [6.07, 6.45) is -4.26. The molecule has 0 radical (unpaired) electrons. The Bertz CT molecular complexity index is 1250. The summed E-state index contributed by atoms with van der Waals surface area (Å²) in [4.78, 5) is 11.5. The number of halogens is 4. The lowest BCUT2D eigenvalue weighted by molar-refractivity contribution is -0.174. The van der Waals surface area contributed by atoms with Gasteiger partial charge in [0.1, 0.15) is 17.7 Å². The SMILES string of the molecule is C[C@H](NC(=O)C(F)(F)F)[C@@H](Oc1ccc2c(cnn2-c2ccc(F)cc2)c1)c1ccccc1. The van der Waals surface area contributed by atoms with Crippen molar-refractivity contribution >= 4 is 16.8 Å². The summed E-state index contributed by atoms with van der Waals surface area (Å²) in [7, 11) is 0. The largest absolute Gasteiger partial charge is 0.484 e. The number of hydrogen-bond donors (Lipinski definition) is 1. The first-order valence-electron chi connectivity index (χ1n) is 10.1. The molecule has 1 amide bonds. The molecule has 0 unspecified atom stereocenters. The number of nitrogens with zero attached hydrogens (tertiary/aromatic N) is 2. The number of aromatic nitrogens is 2. The predicted molar refractivity (Wildman–Crippen MR) is 114 cm³/mol. The normalized spacial score (nSPS) is 13.5. The highest BCUT2D eigenvalue weighted by molar-refractivity contribution is 5.82. The maximum absolute atomic E-state index is 13.2. The van der Waals surface area contributed by atoms with Crippen LogP contribution >= 0.6 is 0 Å². The third-order valence-electron chi connectivity index (χ3n) is 5.07. The van der Waals surface area contributed by atoms with Crippen LogP contribution in [0.2, 0.25) is 0 Å². The van der Waals surface area contributed by atoms with Gasteiger partial charge >= 0.3 is 12.1 Å². The number of fused-ring (bicyclic) bond motifs is 1. The highest BCUT2D eigenvalue weighted by Gasteiger charge is 2.40. The topological polar surface area (TPSA) is 56.1 Å². The highest BCUT2D eigenvalue weighted by Crippen LogP contribution is 2.29. The van der Waals surface area contributed by atoms with Crippen molar-refractivity contribution in [2.45, 2.75) is 25.2 Å². The van der Waals surface area contributed by atoms with Crippen LogP contribution in [0.15, 0.2) is 79.0 Å². The standard InChI is InChI=1S/C24H19F4N3O2/c1-15(30-23(32)24(26,27)28)22(16-5-3-2-4-6-16)33-20-11-12-21-17(13-20)14-29-31(21)19-9-7-18(25)8-10-19/h2-15,22H,1H3,(H,30,32)/t15-,22+/m0/s1. The zero-order valence-corrected chi connectivity index (χ0v) is 17.4. The van der Waals surface area contributed by atoms with Crippen LogP contribution in [-0.2, 0) is 4.79 Å². The van der Waals surface area contributed by atoms with Gasteiger partial charge in [0.2, 0.25) is 0 Å². The van der Waals surface area contributed by atoms with Gasteiger partial charge in [0.15, 0.2) is 0 Å². The highest BCUT2D eigenvalue weighted by atomic mass is 19.4. The van der Waals surface area contributed by atoms with Crippen LogP contribution in [0, 0.1) is 5.82 Å². The van der Waals surface area contributed by atoms with Crippen LogP contribution in [0.4, 0.5) is 17.6 Å². The Morgan fingerprint density at radius 1 is 1.03 bits per heavy atom. The van der Waals surface area contributed by atoms with Crippen molar-refractivity contribution in [3.8, 4) is 11.4 Å². The van der Waals surface area contributed by atoms with E-state index in [9.17, 15) is 22.4 Å². The molecule has 9 heteroatoms. The third-order valence-corrected chi connectivity index (χ3v) is 5.07. The zero-order valence-electron chi connectivity index (χ0n) is 17.4. The number of benzene rings is 3. The van der Waals surface area contributed by atoms with Gasteiger partial charge in [-0.25, -0.2) is 9.07 Å². The molecule has 0 aliphatic heterocycles. The summed E-state index contributed by atoms with van der Waals surface area (Å²) in [6.45, 7) is 1.45. The molecule has 1 aromatic heterocycles. The first-order valence-corrected chi connectivity index (χ1v) is 10.1. The maximum atomic E-state index is 13.2. The average molecular weight is 457 g/mol. The Hall–Kier alpha value is -3.88. The summed E-state index contributed by atoms with van der Waals surface area (Å²) in [5.41, 5.74) is 2.02. The molecule has 3 aromatic carbocycles. The number of carbonyl (C=O) groups is 1. The van der Waals surface area contributed by atoms with Gasteiger partial charge in [0, 0.05) is 5.39 Å². The number of carbonyl (C=O) groups excluding carboxylic acids is 1. The number of hydrogen-bond acceptors (Lipinski definition) is 3. The fourth-order valence-electron chi connectivity index (χ4n) is 3.48. The quantitative estimate of drug-likeness (QED) is 0.397. The van der Waals surface area contributed by atoms with Crippen LogP contribution in [0.3, 0.4) is 0 Å². The van der Waals surface area contributed by atoms with Crippen molar-refractivity contribution < 1.29 is 27.1 Å². The van der Waals surface area contributed by atoms with E-state index < -0.39 is 24.2 Å². The van der Waals surface area contributed by atoms with Gasteiger partial charge in [-0.05, 0) is 55.0 Å². The fraction of sp³-hybridized carbons (Fsp3) is 0.167. The van der Waals surface area contributed by atoms with Crippen LogP contribution < -0.4 is 10.1 Å². The molecule has 0 bridgehead atoms. The Labute approximate surface area is 186 Å². The minimum Gasteiger partial charge on any atom is -0.484 e. The molecule has 4 aromatic rings. The van der Waals surface area contributed by atoms with Crippen LogP contribution in [-0.4, -0.2) is 27.9 Å². The van der Waals surface area contributed by atoms with E-state index in [2.05, 4.69) is 5.10 Å². The second kappa shape index (κ2) is 8.93. The van der Waals surface area contributed by atoms with E-state index in [-0.39, 0.29) is 5.82 Å². The van der Waals surface area contributed by atoms with E-state index >= 15 is 0 Å². The molecule has 170 valence electrons. The molecule has 0 aliphatic carbocycles. The van der Waals surface area contributed by atoms with Gasteiger partial charge < -0.3 is 10.1 Å². The molecule has 2 atom stereocenters. The molecular weight excluding hydrogens is 438 g/mol. The smallest absolute Gasteiger partial charge is 0.471 e. The monoisotopic (exact) mass is 457 g/mol. The third kappa shape index (κ3) is 4.97. The Morgan fingerprint density at radius 2 is 1.73 bits per heavy atom. The second-order valence-corrected chi connectivity index (χ2v) is 7.46. The van der Waals surface area contributed by atoms with Gasteiger partial charge in [-0.15, -0.1) is 0 Å². The van der Waals surface area contributed by atoms with Crippen molar-refractivity contribution in [1.29, 1.82) is 0 Å².